The van der Waals surface area contributed by atoms with Crippen LogP contribution in [0.2, 0.25) is 0 Å². The van der Waals surface area contributed by atoms with E-state index in [9.17, 15) is 9.59 Å². The van der Waals surface area contributed by atoms with E-state index < -0.39 is 5.97 Å². The maximum atomic E-state index is 11.8. The standard InChI is InChI=1S/C13H14N2O3/c1-2-14-6-7-15(13(14)18)9-10-4-3-5-11(8-10)12(16)17/h3-8H,2,9H2,1H3,(H,16,17). The topological polar surface area (TPSA) is 64.2 Å². The number of aromatic nitrogens is 2. The maximum Gasteiger partial charge on any atom is 0.335 e. The molecule has 5 heteroatoms. The third-order valence-electron chi connectivity index (χ3n) is 2.79. The van der Waals surface area contributed by atoms with Gasteiger partial charge < -0.3 is 5.11 Å². The molecule has 0 unspecified atom stereocenters. The highest BCUT2D eigenvalue weighted by molar-refractivity contribution is 5.87. The van der Waals surface area contributed by atoms with Crippen molar-refractivity contribution in [1.29, 1.82) is 0 Å². The van der Waals surface area contributed by atoms with Crippen molar-refractivity contribution >= 4 is 5.97 Å². The number of carboxylic acids is 1. The highest BCUT2D eigenvalue weighted by Crippen LogP contribution is 2.06. The lowest BCUT2D eigenvalue weighted by molar-refractivity contribution is 0.0696. The fraction of sp³-hybridized carbons (Fsp3) is 0.231. The summed E-state index contributed by atoms with van der Waals surface area (Å²) in [6, 6.07) is 6.60. The van der Waals surface area contributed by atoms with Gasteiger partial charge in [0, 0.05) is 18.9 Å². The van der Waals surface area contributed by atoms with Crippen LogP contribution < -0.4 is 5.69 Å². The number of carboxylic acid groups (broad SMARTS) is 1. The molecular weight excluding hydrogens is 232 g/mol. The molecule has 0 aliphatic heterocycles. The van der Waals surface area contributed by atoms with Crippen molar-refractivity contribution in [1.82, 2.24) is 9.13 Å². The van der Waals surface area contributed by atoms with Gasteiger partial charge in [0.05, 0.1) is 12.1 Å². The van der Waals surface area contributed by atoms with Gasteiger partial charge >= 0.3 is 11.7 Å². The van der Waals surface area contributed by atoms with Crippen molar-refractivity contribution in [2.75, 3.05) is 0 Å². The van der Waals surface area contributed by atoms with Gasteiger partial charge in [-0.15, -0.1) is 0 Å². The van der Waals surface area contributed by atoms with Crippen LogP contribution in [-0.2, 0) is 13.1 Å². The van der Waals surface area contributed by atoms with Crippen LogP contribution in [0, 0.1) is 0 Å². The Bertz CT molecular complexity index is 625. The van der Waals surface area contributed by atoms with Crippen LogP contribution in [-0.4, -0.2) is 20.2 Å². The van der Waals surface area contributed by atoms with Gasteiger partial charge in [0.2, 0.25) is 0 Å². The molecule has 18 heavy (non-hydrogen) atoms. The monoisotopic (exact) mass is 246 g/mol. The van der Waals surface area contributed by atoms with Crippen molar-refractivity contribution in [3.8, 4) is 0 Å². The average molecular weight is 246 g/mol. The zero-order valence-corrected chi connectivity index (χ0v) is 10.0. The Morgan fingerprint density at radius 2 is 2.00 bits per heavy atom. The van der Waals surface area contributed by atoms with E-state index >= 15 is 0 Å². The highest BCUT2D eigenvalue weighted by Gasteiger charge is 2.06. The van der Waals surface area contributed by atoms with Crippen LogP contribution >= 0.6 is 0 Å². The second-order valence-corrected chi connectivity index (χ2v) is 4.00. The first kappa shape index (κ1) is 12.2. The molecule has 0 spiro atoms. The molecule has 0 radical (unpaired) electrons. The largest absolute Gasteiger partial charge is 0.478 e. The Balaban J connectivity index is 2.28. The first-order chi connectivity index (χ1) is 8.61. The molecule has 0 saturated heterocycles. The molecule has 94 valence electrons. The number of aromatic carboxylic acids is 1. The van der Waals surface area contributed by atoms with Crippen molar-refractivity contribution in [2.45, 2.75) is 20.0 Å². The maximum absolute atomic E-state index is 11.8. The molecular formula is C13H14N2O3. The van der Waals surface area contributed by atoms with Crippen LogP contribution in [0.5, 0.6) is 0 Å². The second kappa shape index (κ2) is 4.91. The zero-order chi connectivity index (χ0) is 13.1. The molecule has 5 nitrogen and oxygen atoms in total. The number of nitrogens with zero attached hydrogens (tertiary/aromatic N) is 2. The van der Waals surface area contributed by atoms with E-state index in [1.54, 1.807) is 33.7 Å². The lowest BCUT2D eigenvalue weighted by Gasteiger charge is -2.03. The summed E-state index contributed by atoms with van der Waals surface area (Å²) >= 11 is 0. The lowest BCUT2D eigenvalue weighted by Crippen LogP contribution is -2.23. The minimum absolute atomic E-state index is 0.0850. The van der Waals surface area contributed by atoms with E-state index in [1.165, 1.54) is 6.07 Å². The molecule has 2 rings (SSSR count). The molecule has 2 aromatic rings. The average Bonchev–Trinajstić information content (AvgIpc) is 2.71. The van der Waals surface area contributed by atoms with Crippen LogP contribution in [0.3, 0.4) is 0 Å². The summed E-state index contributed by atoms with van der Waals surface area (Å²) < 4.78 is 3.16. The van der Waals surface area contributed by atoms with Crippen molar-refractivity contribution in [3.05, 3.63) is 58.3 Å². The first-order valence-electron chi connectivity index (χ1n) is 5.69. The zero-order valence-electron chi connectivity index (χ0n) is 10.0. The minimum Gasteiger partial charge on any atom is -0.478 e. The number of carbonyl (C=O) groups is 1. The number of hydrogen-bond donors (Lipinski definition) is 1. The summed E-state index contributed by atoms with van der Waals surface area (Å²) in [7, 11) is 0. The number of rotatable bonds is 4. The van der Waals surface area contributed by atoms with Crippen molar-refractivity contribution < 1.29 is 9.90 Å². The minimum atomic E-state index is -0.963. The lowest BCUT2D eigenvalue weighted by atomic mass is 10.1. The highest BCUT2D eigenvalue weighted by atomic mass is 16.4. The molecule has 1 aromatic carbocycles. The predicted molar refractivity (Wildman–Crippen MR) is 66.9 cm³/mol. The summed E-state index contributed by atoms with van der Waals surface area (Å²) in [6.07, 6.45) is 3.43. The van der Waals surface area contributed by atoms with Gasteiger partial charge in [-0.05, 0) is 24.6 Å². The second-order valence-electron chi connectivity index (χ2n) is 4.00. The molecule has 0 amide bonds. The van der Waals surface area contributed by atoms with E-state index in [1.807, 2.05) is 13.0 Å². The summed E-state index contributed by atoms with van der Waals surface area (Å²) in [5.41, 5.74) is 0.944. The van der Waals surface area contributed by atoms with E-state index in [0.717, 1.165) is 5.56 Å². The van der Waals surface area contributed by atoms with Crippen molar-refractivity contribution in [3.63, 3.8) is 0 Å². The van der Waals surface area contributed by atoms with Gasteiger partial charge in [-0.2, -0.15) is 0 Å². The Kier molecular flexibility index (Phi) is 3.32. The number of aryl methyl sites for hydroxylation is 1. The fourth-order valence-corrected chi connectivity index (χ4v) is 1.81. The Morgan fingerprint density at radius 3 is 2.61 bits per heavy atom. The normalized spacial score (nSPS) is 10.5. The van der Waals surface area contributed by atoms with Gasteiger partial charge in [-0.25, -0.2) is 9.59 Å². The molecule has 0 aliphatic carbocycles. The Hall–Kier alpha value is -2.30. The third-order valence-corrected chi connectivity index (χ3v) is 2.79. The number of imidazole rings is 1. The molecule has 0 atom stereocenters. The fourth-order valence-electron chi connectivity index (χ4n) is 1.81. The molecule has 1 heterocycles. The Labute approximate surface area is 104 Å². The molecule has 0 aliphatic rings. The Morgan fingerprint density at radius 1 is 1.28 bits per heavy atom. The smallest absolute Gasteiger partial charge is 0.335 e. The van der Waals surface area contributed by atoms with Gasteiger partial charge in [-0.1, -0.05) is 12.1 Å². The van der Waals surface area contributed by atoms with Crippen LogP contribution in [0.4, 0.5) is 0 Å². The molecule has 0 bridgehead atoms. The van der Waals surface area contributed by atoms with E-state index in [0.29, 0.717) is 13.1 Å². The summed E-state index contributed by atoms with van der Waals surface area (Å²) in [4.78, 5) is 22.7. The summed E-state index contributed by atoms with van der Waals surface area (Å²) in [5.74, 6) is -0.963. The van der Waals surface area contributed by atoms with Crippen LogP contribution in [0.25, 0.3) is 0 Å². The quantitative estimate of drug-likeness (QED) is 0.887. The van der Waals surface area contributed by atoms with Gasteiger partial charge in [0.15, 0.2) is 0 Å². The molecule has 0 saturated carbocycles. The SMILES string of the molecule is CCn1ccn(Cc2cccc(C(=O)O)c2)c1=O. The molecule has 0 fully saturated rings. The van der Waals surface area contributed by atoms with Gasteiger partial charge in [0.25, 0.3) is 0 Å². The summed E-state index contributed by atoms with van der Waals surface area (Å²) in [6.45, 7) is 2.91. The third kappa shape index (κ3) is 2.34. The number of hydrogen-bond acceptors (Lipinski definition) is 2. The predicted octanol–water partition coefficient (Wildman–Crippen LogP) is 1.42. The van der Waals surface area contributed by atoms with Gasteiger partial charge in [0.1, 0.15) is 0 Å². The van der Waals surface area contributed by atoms with Gasteiger partial charge in [-0.3, -0.25) is 9.13 Å². The van der Waals surface area contributed by atoms with E-state index in [4.69, 9.17) is 5.11 Å². The molecule has 1 N–H and O–H groups in total. The molecule has 1 aromatic heterocycles. The van der Waals surface area contributed by atoms with E-state index in [-0.39, 0.29) is 11.3 Å². The first-order valence-corrected chi connectivity index (χ1v) is 5.69. The van der Waals surface area contributed by atoms with Crippen LogP contribution in [0.1, 0.15) is 22.8 Å². The number of benzene rings is 1. The van der Waals surface area contributed by atoms with Crippen molar-refractivity contribution in [2.24, 2.45) is 0 Å². The van der Waals surface area contributed by atoms with Crippen LogP contribution in [0.15, 0.2) is 41.5 Å². The van der Waals surface area contributed by atoms with E-state index in [2.05, 4.69) is 0 Å². The summed E-state index contributed by atoms with van der Waals surface area (Å²) in [5, 5.41) is 8.90.